The Kier molecular flexibility index (Phi) is 17.4. The topological polar surface area (TPSA) is 20.7 Å². The second-order valence-electron chi connectivity index (χ2n) is 21.1. The fraction of sp³-hybridized carbons (Fsp3) is 0.253. The van der Waals surface area contributed by atoms with Crippen molar-refractivity contribution in [2.45, 2.75) is 122 Å². The van der Waals surface area contributed by atoms with E-state index in [0.29, 0.717) is 5.02 Å². The Morgan fingerprint density at radius 1 is 0.513 bits per heavy atom. The van der Waals surface area contributed by atoms with E-state index in [0.717, 1.165) is 57.7 Å². The minimum atomic E-state index is 0.693. The van der Waals surface area contributed by atoms with Crippen LogP contribution in [0.25, 0.3) is 110 Å². The van der Waals surface area contributed by atoms with E-state index in [1.165, 1.54) is 130 Å². The first-order valence-corrected chi connectivity index (χ1v) is 29.4. The van der Waals surface area contributed by atoms with E-state index in [1.807, 2.05) is 27.7 Å². The molecule has 0 radical (unpaired) electrons. The summed E-state index contributed by atoms with van der Waals surface area (Å²) in [6.07, 6.45) is 14.3. The molecular weight excluding hydrogens is 964 g/mol. The van der Waals surface area contributed by atoms with Gasteiger partial charge in [0.15, 0.2) is 0 Å². The summed E-state index contributed by atoms with van der Waals surface area (Å²) < 4.78 is 2.50. The number of nitrogens with one attached hydrogen (secondary N) is 1. The molecule has 0 saturated carbocycles. The molecule has 12 rings (SSSR count). The number of rotatable bonds is 10. The summed E-state index contributed by atoms with van der Waals surface area (Å²) in [5, 5.41) is 8.00. The number of halogens is 1. The Bertz CT molecular complexity index is 3960. The predicted octanol–water partition coefficient (Wildman–Crippen LogP) is 23.4. The summed E-state index contributed by atoms with van der Waals surface area (Å²) in [5.74, 6) is 0.963. The van der Waals surface area contributed by atoms with E-state index >= 15 is 0 Å². The standard InChI is InChI=1S/C63H49ClN2.C8H18.2C2H6/c1-37-16-14-17-38(2)60(37)45-27-29-58-52(31-45)56-36-53(61-39(3)18-15-19-40(61)4)48-24-12-13-25-49(48)63(56)66(58)59-35-47(64)34-50(41(59)5)54-32-46(43-22-10-7-11-23-43)33-55-51-30-44(42-20-8-6-9-21-42)26-28-57(51)65-62(54)55;1-4-6-8(3)7-5-2;2*1-2/h6-8,10-20,22-36,65H,9,21H2,1-5H3;8H,4-7H2,1-3H3;2*1-2H3. The first-order chi connectivity index (χ1) is 38.0. The van der Waals surface area contributed by atoms with Crippen molar-refractivity contribution in [2.75, 3.05) is 0 Å². The lowest BCUT2D eigenvalue weighted by Crippen LogP contribution is -2.01. The van der Waals surface area contributed by atoms with Crippen molar-refractivity contribution in [1.82, 2.24) is 9.55 Å². The van der Waals surface area contributed by atoms with E-state index in [4.69, 9.17) is 11.6 Å². The van der Waals surface area contributed by atoms with Crippen LogP contribution in [0.3, 0.4) is 0 Å². The lowest BCUT2D eigenvalue weighted by atomic mass is 9.89. The Balaban J connectivity index is 0.000000563. The normalized spacial score (nSPS) is 12.2. The van der Waals surface area contributed by atoms with Gasteiger partial charge in [0.05, 0.1) is 22.2 Å². The summed E-state index contributed by atoms with van der Waals surface area (Å²) >= 11 is 7.45. The number of hydrogen-bond donors (Lipinski definition) is 1. The number of hydrogen-bond acceptors (Lipinski definition) is 0. The minimum Gasteiger partial charge on any atom is -0.354 e. The van der Waals surface area contributed by atoms with Gasteiger partial charge < -0.3 is 9.55 Å². The molecule has 0 unspecified atom stereocenters. The molecule has 1 aliphatic rings. The van der Waals surface area contributed by atoms with Crippen LogP contribution in [0, 0.1) is 40.5 Å². The van der Waals surface area contributed by atoms with Crippen molar-refractivity contribution in [1.29, 1.82) is 0 Å². The van der Waals surface area contributed by atoms with Crippen LogP contribution in [0.5, 0.6) is 0 Å². The number of H-pyrrole nitrogens is 1. The number of aromatic nitrogens is 2. The summed E-state index contributed by atoms with van der Waals surface area (Å²) in [4.78, 5) is 3.92. The summed E-state index contributed by atoms with van der Waals surface area (Å²) in [5.41, 5.74) is 24.2. The van der Waals surface area contributed by atoms with Crippen LogP contribution in [-0.2, 0) is 0 Å². The Labute approximate surface area is 470 Å². The first-order valence-electron chi connectivity index (χ1n) is 29.0. The molecule has 9 aromatic carbocycles. The largest absolute Gasteiger partial charge is 0.354 e. The first kappa shape index (κ1) is 55.4. The fourth-order valence-electron chi connectivity index (χ4n) is 12.4. The third-order valence-corrected chi connectivity index (χ3v) is 16.1. The molecule has 78 heavy (non-hydrogen) atoms. The zero-order valence-corrected chi connectivity index (χ0v) is 49.1. The fourth-order valence-corrected chi connectivity index (χ4v) is 12.6. The van der Waals surface area contributed by atoms with Gasteiger partial charge in [0.2, 0.25) is 0 Å². The maximum absolute atomic E-state index is 7.45. The summed E-state index contributed by atoms with van der Waals surface area (Å²) in [7, 11) is 0. The summed E-state index contributed by atoms with van der Waals surface area (Å²) in [6, 6.07) is 58.5. The molecule has 2 aromatic heterocycles. The van der Waals surface area contributed by atoms with Gasteiger partial charge in [-0.2, -0.15) is 0 Å². The maximum atomic E-state index is 7.45. The van der Waals surface area contributed by atoms with Crippen LogP contribution in [0.15, 0.2) is 176 Å². The van der Waals surface area contributed by atoms with Gasteiger partial charge in [0.1, 0.15) is 0 Å². The highest BCUT2D eigenvalue weighted by molar-refractivity contribution is 6.31. The van der Waals surface area contributed by atoms with Gasteiger partial charge >= 0.3 is 0 Å². The molecule has 2 heterocycles. The highest BCUT2D eigenvalue weighted by atomic mass is 35.5. The number of allylic oxidation sites excluding steroid dienone is 4. The molecule has 0 bridgehead atoms. The Hall–Kier alpha value is -7.39. The van der Waals surface area contributed by atoms with Crippen LogP contribution in [-0.4, -0.2) is 9.55 Å². The molecule has 11 aromatic rings. The number of nitrogens with zero attached hydrogens (tertiary/aromatic N) is 1. The number of aromatic amines is 1. The third-order valence-electron chi connectivity index (χ3n) is 15.9. The SMILES string of the molecule is CC.CC.CCCC(C)CCC.Cc1cccc(C)c1-c1ccc2c(c1)c1cc(-c3c(C)cccc3C)c3ccccc3c1n2-c1cc(Cl)cc(-c2cc(-c3ccccc3)cc3c2[nH]c2ccc(C4=CC=CCC4)cc23)c1C. The lowest BCUT2D eigenvalue weighted by Gasteiger charge is -2.19. The van der Waals surface area contributed by atoms with Crippen LogP contribution < -0.4 is 0 Å². The van der Waals surface area contributed by atoms with Gasteiger partial charge in [-0.05, 0) is 191 Å². The third kappa shape index (κ3) is 10.6. The molecule has 2 nitrogen and oxygen atoms in total. The van der Waals surface area contributed by atoms with Crippen molar-refractivity contribution in [2.24, 2.45) is 5.92 Å². The van der Waals surface area contributed by atoms with Crippen LogP contribution in [0.4, 0.5) is 0 Å². The zero-order chi connectivity index (χ0) is 55.2. The van der Waals surface area contributed by atoms with Crippen molar-refractivity contribution in [3.63, 3.8) is 0 Å². The van der Waals surface area contributed by atoms with Crippen molar-refractivity contribution < 1.29 is 0 Å². The van der Waals surface area contributed by atoms with Crippen molar-refractivity contribution >= 4 is 71.6 Å². The number of aryl methyl sites for hydroxylation is 4. The quantitative estimate of drug-likeness (QED) is 0.141. The molecule has 0 spiro atoms. The van der Waals surface area contributed by atoms with Crippen LogP contribution >= 0.6 is 11.6 Å². The second kappa shape index (κ2) is 24.5. The van der Waals surface area contributed by atoms with E-state index in [-0.39, 0.29) is 0 Å². The zero-order valence-electron chi connectivity index (χ0n) is 48.4. The van der Waals surface area contributed by atoms with Crippen molar-refractivity contribution in [3.05, 3.63) is 214 Å². The molecule has 0 atom stereocenters. The van der Waals surface area contributed by atoms with Gasteiger partial charge in [-0.3, -0.25) is 0 Å². The van der Waals surface area contributed by atoms with Gasteiger partial charge in [-0.1, -0.05) is 207 Å². The van der Waals surface area contributed by atoms with Gasteiger partial charge in [-0.25, -0.2) is 0 Å². The molecule has 396 valence electrons. The average molecular weight is 1040 g/mol. The van der Waals surface area contributed by atoms with Gasteiger partial charge in [0, 0.05) is 43.0 Å². The molecule has 0 amide bonds. The Morgan fingerprint density at radius 3 is 1.78 bits per heavy atom. The van der Waals surface area contributed by atoms with Crippen LogP contribution in [0.1, 0.15) is 120 Å². The lowest BCUT2D eigenvalue weighted by molar-refractivity contribution is 0.480. The summed E-state index contributed by atoms with van der Waals surface area (Å²) in [6.45, 7) is 26.1. The highest BCUT2D eigenvalue weighted by Crippen LogP contribution is 2.47. The second-order valence-corrected chi connectivity index (χ2v) is 21.5. The van der Waals surface area contributed by atoms with E-state index < -0.39 is 0 Å². The minimum absolute atomic E-state index is 0.693. The number of benzene rings is 9. The van der Waals surface area contributed by atoms with Gasteiger partial charge in [0.25, 0.3) is 0 Å². The van der Waals surface area contributed by atoms with E-state index in [9.17, 15) is 0 Å². The number of fused-ring (bicyclic) bond motifs is 8. The molecule has 0 fully saturated rings. The van der Waals surface area contributed by atoms with Gasteiger partial charge in [-0.15, -0.1) is 0 Å². The van der Waals surface area contributed by atoms with Crippen molar-refractivity contribution in [3.8, 4) is 50.2 Å². The Morgan fingerprint density at radius 2 is 1.13 bits per heavy atom. The molecule has 3 heteroatoms. The molecule has 0 aliphatic heterocycles. The monoisotopic (exact) mass is 1040 g/mol. The molecule has 0 saturated heterocycles. The molecule has 1 N–H and O–H groups in total. The van der Waals surface area contributed by atoms with E-state index in [1.54, 1.807) is 0 Å². The highest BCUT2D eigenvalue weighted by Gasteiger charge is 2.24. The molecule has 1 aliphatic carbocycles. The smallest absolute Gasteiger partial charge is 0.0620 e. The predicted molar refractivity (Wildman–Crippen MR) is 346 cm³/mol. The van der Waals surface area contributed by atoms with Crippen LogP contribution in [0.2, 0.25) is 5.02 Å². The maximum Gasteiger partial charge on any atom is 0.0620 e. The molecular formula is C75H79ClN2. The average Bonchev–Trinajstić information content (AvgIpc) is 4.21. The van der Waals surface area contributed by atoms with E-state index in [2.05, 4.69) is 241 Å².